The molecule has 3 aliphatic heterocycles. The van der Waals surface area contributed by atoms with Crippen molar-refractivity contribution in [2.24, 2.45) is 0 Å². The van der Waals surface area contributed by atoms with E-state index in [0.29, 0.717) is 12.8 Å². The quantitative estimate of drug-likeness (QED) is 0.0199. The van der Waals surface area contributed by atoms with E-state index in [-0.39, 0.29) is 18.9 Å². The number of unbranched alkanes of at least 4 members (excludes halogenated alkanes) is 39. The van der Waals surface area contributed by atoms with E-state index in [1.807, 2.05) is 6.08 Å². The predicted molar refractivity (Wildman–Crippen MR) is 365 cm³/mol. The minimum atomic E-state index is -1.98. The molecule has 3 aliphatic rings. The second-order valence-corrected chi connectivity index (χ2v) is 27.1. The Kier molecular flexibility index (Phi) is 51.2. The summed E-state index contributed by atoms with van der Waals surface area (Å²) >= 11 is 0. The summed E-state index contributed by atoms with van der Waals surface area (Å²) in [7, 11) is 0. The third kappa shape index (κ3) is 37.1. The summed E-state index contributed by atoms with van der Waals surface area (Å²) in [6.07, 6.45) is 40.0. The maximum absolute atomic E-state index is 13.4. The van der Waals surface area contributed by atoms with Gasteiger partial charge in [0.2, 0.25) is 5.91 Å². The highest BCUT2D eigenvalue weighted by Gasteiger charge is 2.53. The highest BCUT2D eigenvalue weighted by Crippen LogP contribution is 2.33. The molecule has 1 amide bonds. The number of hydrogen-bond donors (Lipinski definition) is 12. The maximum atomic E-state index is 13.4. The van der Waals surface area contributed by atoms with Gasteiger partial charge in [0.25, 0.3) is 0 Å². The fraction of sp³-hybridized carbons (Fsp3) is 0.905. The molecule has 0 aromatic heterocycles. The third-order valence-corrected chi connectivity index (χ3v) is 18.9. The van der Waals surface area contributed by atoms with Crippen molar-refractivity contribution in [3.8, 4) is 0 Å². The second kappa shape index (κ2) is 55.8. The fourth-order valence-corrected chi connectivity index (χ4v) is 12.8. The van der Waals surface area contributed by atoms with E-state index < -0.39 is 124 Å². The van der Waals surface area contributed by atoms with E-state index in [2.05, 4.69) is 43.5 Å². The number of aliphatic hydroxyl groups excluding tert-OH is 11. The molecule has 0 aromatic rings. The molecule has 0 spiro atoms. The molecular weight excluding hydrogens is 1190 g/mol. The molecule has 19 heteroatoms. The zero-order valence-electron chi connectivity index (χ0n) is 58.0. The van der Waals surface area contributed by atoms with Crippen molar-refractivity contribution in [2.45, 2.75) is 401 Å². The van der Waals surface area contributed by atoms with Gasteiger partial charge in [-0.15, -0.1) is 0 Å². The zero-order valence-corrected chi connectivity index (χ0v) is 58.0. The van der Waals surface area contributed by atoms with Gasteiger partial charge in [0.1, 0.15) is 73.2 Å². The molecule has 93 heavy (non-hydrogen) atoms. The van der Waals surface area contributed by atoms with Crippen LogP contribution >= 0.6 is 0 Å². The summed E-state index contributed by atoms with van der Waals surface area (Å²) in [5.41, 5.74) is 0. The Morgan fingerprint density at radius 3 is 1.08 bits per heavy atom. The van der Waals surface area contributed by atoms with Crippen LogP contribution in [0.5, 0.6) is 0 Å². The van der Waals surface area contributed by atoms with Gasteiger partial charge in [0.15, 0.2) is 18.9 Å². The average Bonchev–Trinajstić information content (AvgIpc) is 0.818. The molecule has 12 N–H and O–H groups in total. The Morgan fingerprint density at radius 2 is 0.688 bits per heavy atom. The molecule has 0 bridgehead atoms. The van der Waals surface area contributed by atoms with Crippen LogP contribution < -0.4 is 5.32 Å². The minimum Gasteiger partial charge on any atom is -0.394 e. The van der Waals surface area contributed by atoms with Crippen molar-refractivity contribution >= 4 is 5.91 Å². The van der Waals surface area contributed by atoms with Crippen molar-refractivity contribution in [1.29, 1.82) is 0 Å². The largest absolute Gasteiger partial charge is 0.394 e. The lowest BCUT2D eigenvalue weighted by atomic mass is 9.96. The summed E-state index contributed by atoms with van der Waals surface area (Å²) < 4.78 is 34.4. The number of nitrogens with one attached hydrogen (secondary N) is 1. The second-order valence-electron chi connectivity index (χ2n) is 27.1. The van der Waals surface area contributed by atoms with Gasteiger partial charge in [-0.05, 0) is 44.9 Å². The average molecular weight is 1330 g/mol. The first-order valence-corrected chi connectivity index (χ1v) is 37.7. The first kappa shape index (κ1) is 85.2. The molecule has 3 fully saturated rings. The van der Waals surface area contributed by atoms with Crippen molar-refractivity contribution in [2.75, 3.05) is 26.4 Å². The van der Waals surface area contributed by atoms with Crippen LogP contribution in [0.4, 0.5) is 0 Å². The Labute approximate surface area is 561 Å². The lowest BCUT2D eigenvalue weighted by Gasteiger charge is -2.48. The highest BCUT2D eigenvalue weighted by atomic mass is 16.8. The number of carbonyl (C=O) groups excluding carboxylic acids is 1. The first-order valence-electron chi connectivity index (χ1n) is 37.7. The lowest BCUT2D eigenvalue weighted by molar-refractivity contribution is -0.379. The molecule has 17 atom stereocenters. The lowest BCUT2D eigenvalue weighted by Crippen LogP contribution is -2.66. The molecule has 0 aliphatic carbocycles. The van der Waals surface area contributed by atoms with Crippen LogP contribution in [-0.4, -0.2) is 193 Å². The van der Waals surface area contributed by atoms with Crippen molar-refractivity contribution in [3.63, 3.8) is 0 Å². The minimum absolute atomic E-state index is 0.236. The van der Waals surface area contributed by atoms with Gasteiger partial charge >= 0.3 is 0 Å². The van der Waals surface area contributed by atoms with Crippen LogP contribution in [0.15, 0.2) is 36.5 Å². The van der Waals surface area contributed by atoms with Gasteiger partial charge in [0.05, 0.1) is 38.6 Å². The summed E-state index contributed by atoms with van der Waals surface area (Å²) in [5, 5.41) is 121. The van der Waals surface area contributed by atoms with Gasteiger partial charge in [-0.2, -0.15) is 0 Å². The number of ether oxygens (including phenoxy) is 6. The number of hydrogen-bond acceptors (Lipinski definition) is 18. The van der Waals surface area contributed by atoms with Gasteiger partial charge in [-0.1, -0.05) is 281 Å². The Morgan fingerprint density at radius 1 is 0.376 bits per heavy atom. The van der Waals surface area contributed by atoms with E-state index in [0.717, 1.165) is 44.9 Å². The van der Waals surface area contributed by atoms with Gasteiger partial charge in [-0.3, -0.25) is 4.79 Å². The molecule has 546 valence electrons. The van der Waals surface area contributed by atoms with E-state index >= 15 is 0 Å². The number of allylic oxidation sites excluding steroid dienone is 5. The molecule has 3 heterocycles. The molecule has 0 radical (unpaired) electrons. The number of amides is 1. The van der Waals surface area contributed by atoms with E-state index in [9.17, 15) is 61.0 Å². The molecule has 0 aromatic carbocycles. The number of carbonyl (C=O) groups is 1. The van der Waals surface area contributed by atoms with E-state index in [1.54, 1.807) is 6.08 Å². The van der Waals surface area contributed by atoms with Gasteiger partial charge in [-0.25, -0.2) is 0 Å². The molecule has 19 nitrogen and oxygen atoms in total. The van der Waals surface area contributed by atoms with Gasteiger partial charge in [0, 0.05) is 6.42 Å². The van der Waals surface area contributed by atoms with Crippen LogP contribution in [0.1, 0.15) is 296 Å². The van der Waals surface area contributed by atoms with Crippen LogP contribution in [0.2, 0.25) is 0 Å². The summed E-state index contributed by atoms with van der Waals surface area (Å²) in [6, 6.07) is -0.995. The Bertz CT molecular complexity index is 1830. The summed E-state index contributed by atoms with van der Waals surface area (Å²) in [4.78, 5) is 13.4. The van der Waals surface area contributed by atoms with E-state index in [1.165, 1.54) is 218 Å². The van der Waals surface area contributed by atoms with Gasteiger partial charge < -0.3 is 89.9 Å². The first-order chi connectivity index (χ1) is 45.3. The smallest absolute Gasteiger partial charge is 0.220 e. The van der Waals surface area contributed by atoms with Crippen LogP contribution in [0.3, 0.4) is 0 Å². The monoisotopic (exact) mass is 1330 g/mol. The maximum Gasteiger partial charge on any atom is 0.220 e. The van der Waals surface area contributed by atoms with E-state index in [4.69, 9.17) is 28.4 Å². The molecular formula is C74H137NO18. The topological polar surface area (TPSA) is 307 Å². The standard InChI is InChI=1S/C74H137NO18/c1-3-5-7-9-11-13-15-17-19-21-22-23-24-25-26-27-28-29-30-31-32-33-34-36-38-40-42-44-46-48-50-52-62(80)75-57(58(79)51-49-47-45-43-41-39-37-35-20-18-16-14-12-10-8-6-4-2)56-88-72-68(86)65(83)70(60(54-77)90-72)93-74-69(87)66(84)71(61(55-78)91-74)92-73-67(85)64(82)63(81)59(53-76)89-73/h20,35,41,43,49,51,57-61,63-74,76-79,81-87H,3-19,21-34,36-40,42,44-48,50,52-56H2,1-2H3,(H,75,80)/b35-20+,43-41+,51-49+. The summed E-state index contributed by atoms with van der Waals surface area (Å²) in [6.45, 7) is 1.73. The molecule has 17 unspecified atom stereocenters. The number of aliphatic hydroxyl groups is 11. The van der Waals surface area contributed by atoms with Crippen molar-refractivity contribution in [3.05, 3.63) is 36.5 Å². The van der Waals surface area contributed by atoms with Crippen molar-refractivity contribution in [1.82, 2.24) is 5.32 Å². The molecule has 3 saturated heterocycles. The molecule has 0 saturated carbocycles. The van der Waals surface area contributed by atoms with Crippen LogP contribution in [-0.2, 0) is 33.2 Å². The molecule has 3 rings (SSSR count). The predicted octanol–water partition coefficient (Wildman–Crippen LogP) is 11.2. The highest BCUT2D eigenvalue weighted by molar-refractivity contribution is 5.76. The Hall–Kier alpha value is -1.99. The third-order valence-electron chi connectivity index (χ3n) is 18.9. The zero-order chi connectivity index (χ0) is 67.5. The van der Waals surface area contributed by atoms with Crippen molar-refractivity contribution < 1.29 is 89.4 Å². The number of rotatable bonds is 59. The fourth-order valence-electron chi connectivity index (χ4n) is 12.8. The summed E-state index contributed by atoms with van der Waals surface area (Å²) in [5.74, 6) is -0.284. The SMILES string of the molecule is CCCCCCCCC/C=C/CC/C=C/CC/C=C/C(O)C(COC1OC(CO)C(OC2OC(CO)C(OC3OC(CO)C(O)C(O)C3O)C(O)C2O)C(O)C1O)NC(=O)CCCCCCCCCCCCCCCCCCCCCCCCCCCCCCCCC. The Balaban J connectivity index is 1.38. The van der Waals surface area contributed by atoms with Crippen LogP contribution in [0, 0.1) is 0 Å². The normalized spacial score (nSPS) is 27.7. The van der Waals surface area contributed by atoms with Crippen LogP contribution in [0.25, 0.3) is 0 Å².